The van der Waals surface area contributed by atoms with E-state index < -0.39 is 0 Å². The summed E-state index contributed by atoms with van der Waals surface area (Å²) in [5, 5.41) is 3.35. The first-order valence-electron chi connectivity index (χ1n) is 4.97. The number of nitrogens with two attached hydrogens (primary N) is 1. The standard InChI is InChI=1S/C10H14BN3/c11-7-1-4-10(13-6-7)14-9-3-2-8(12)5-9/h1,4,6,8-9H,2-3,5,12H2,(H,13,14). The van der Waals surface area contributed by atoms with Crippen LogP contribution in [0.15, 0.2) is 18.3 Å². The first kappa shape index (κ1) is 9.53. The summed E-state index contributed by atoms with van der Waals surface area (Å²) in [4.78, 5) is 4.19. The number of anilines is 1. The number of nitrogens with one attached hydrogen (secondary N) is 1. The maximum atomic E-state index is 5.82. The van der Waals surface area contributed by atoms with Gasteiger partial charge in [0, 0.05) is 18.3 Å². The molecule has 0 amide bonds. The molecule has 0 saturated heterocycles. The summed E-state index contributed by atoms with van der Waals surface area (Å²) in [6.45, 7) is 0. The molecule has 0 bridgehead atoms. The minimum absolute atomic E-state index is 0.348. The first-order chi connectivity index (χ1) is 6.74. The summed E-state index contributed by atoms with van der Waals surface area (Å²) in [6.07, 6.45) is 4.93. The highest BCUT2D eigenvalue weighted by atomic mass is 15.0. The Bertz CT molecular complexity index is 299. The second kappa shape index (κ2) is 4.01. The van der Waals surface area contributed by atoms with Crippen LogP contribution in [0, 0.1) is 0 Å². The Kier molecular flexibility index (Phi) is 2.73. The Morgan fingerprint density at radius 1 is 1.43 bits per heavy atom. The van der Waals surface area contributed by atoms with Crippen LogP contribution in [0.2, 0.25) is 0 Å². The number of nitrogens with zero attached hydrogens (tertiary/aromatic N) is 1. The molecular weight excluding hydrogens is 173 g/mol. The Labute approximate surface area is 85.5 Å². The van der Waals surface area contributed by atoms with Crippen molar-refractivity contribution in [1.82, 2.24) is 4.98 Å². The second-order valence-electron chi connectivity index (χ2n) is 3.89. The van der Waals surface area contributed by atoms with Crippen molar-refractivity contribution in [2.24, 2.45) is 5.73 Å². The predicted molar refractivity (Wildman–Crippen MR) is 58.9 cm³/mol. The molecule has 0 aliphatic heterocycles. The minimum atomic E-state index is 0.348. The van der Waals surface area contributed by atoms with Gasteiger partial charge in [-0.05, 0) is 25.3 Å². The van der Waals surface area contributed by atoms with Crippen molar-refractivity contribution in [3.63, 3.8) is 0 Å². The molecule has 0 aromatic carbocycles. The molecule has 1 saturated carbocycles. The van der Waals surface area contributed by atoms with Crippen LogP contribution in [0.4, 0.5) is 5.82 Å². The summed E-state index contributed by atoms with van der Waals surface area (Å²) in [7, 11) is 5.55. The molecule has 0 spiro atoms. The van der Waals surface area contributed by atoms with Crippen molar-refractivity contribution in [1.29, 1.82) is 0 Å². The third-order valence-corrected chi connectivity index (χ3v) is 2.61. The van der Waals surface area contributed by atoms with Gasteiger partial charge in [-0.1, -0.05) is 11.5 Å². The van der Waals surface area contributed by atoms with Crippen molar-refractivity contribution in [2.45, 2.75) is 31.3 Å². The van der Waals surface area contributed by atoms with Crippen LogP contribution in [0.1, 0.15) is 19.3 Å². The lowest BCUT2D eigenvalue weighted by Crippen LogP contribution is -2.21. The molecule has 4 heteroatoms. The van der Waals surface area contributed by atoms with E-state index in [0.717, 1.165) is 25.1 Å². The fourth-order valence-electron chi connectivity index (χ4n) is 1.85. The maximum absolute atomic E-state index is 5.82. The lowest BCUT2D eigenvalue weighted by Gasteiger charge is -2.12. The van der Waals surface area contributed by atoms with E-state index in [9.17, 15) is 0 Å². The zero-order valence-corrected chi connectivity index (χ0v) is 8.11. The van der Waals surface area contributed by atoms with Crippen LogP contribution in [0.3, 0.4) is 0 Å². The Morgan fingerprint density at radius 3 is 2.86 bits per heavy atom. The lowest BCUT2D eigenvalue weighted by molar-refractivity contribution is 0.686. The van der Waals surface area contributed by atoms with Gasteiger partial charge in [0.2, 0.25) is 0 Å². The molecule has 1 heterocycles. The fraction of sp³-hybridized carbons (Fsp3) is 0.500. The molecule has 14 heavy (non-hydrogen) atoms. The van der Waals surface area contributed by atoms with Crippen LogP contribution in [0.25, 0.3) is 0 Å². The van der Waals surface area contributed by atoms with Crippen LogP contribution < -0.4 is 16.5 Å². The van der Waals surface area contributed by atoms with Crippen molar-refractivity contribution < 1.29 is 0 Å². The highest BCUT2D eigenvalue weighted by molar-refractivity contribution is 6.32. The van der Waals surface area contributed by atoms with E-state index >= 15 is 0 Å². The van der Waals surface area contributed by atoms with Gasteiger partial charge in [-0.25, -0.2) is 4.98 Å². The van der Waals surface area contributed by atoms with Crippen LogP contribution >= 0.6 is 0 Å². The molecule has 72 valence electrons. The molecule has 2 atom stereocenters. The van der Waals surface area contributed by atoms with Gasteiger partial charge in [0.1, 0.15) is 13.7 Å². The zero-order chi connectivity index (χ0) is 9.97. The Morgan fingerprint density at radius 2 is 2.29 bits per heavy atom. The van der Waals surface area contributed by atoms with E-state index in [4.69, 9.17) is 13.6 Å². The van der Waals surface area contributed by atoms with Gasteiger partial charge in [0.25, 0.3) is 0 Å². The zero-order valence-electron chi connectivity index (χ0n) is 8.11. The highest BCUT2D eigenvalue weighted by Crippen LogP contribution is 2.20. The largest absolute Gasteiger partial charge is 0.367 e. The maximum Gasteiger partial charge on any atom is 0.126 e. The first-order valence-corrected chi connectivity index (χ1v) is 4.97. The summed E-state index contributed by atoms with van der Waals surface area (Å²) in [5.74, 6) is 0.887. The topological polar surface area (TPSA) is 50.9 Å². The highest BCUT2D eigenvalue weighted by Gasteiger charge is 2.21. The van der Waals surface area contributed by atoms with E-state index in [0.29, 0.717) is 17.5 Å². The summed E-state index contributed by atoms with van der Waals surface area (Å²) in [6, 6.07) is 4.58. The van der Waals surface area contributed by atoms with Crippen molar-refractivity contribution >= 4 is 19.1 Å². The summed E-state index contributed by atoms with van der Waals surface area (Å²) >= 11 is 0. The number of rotatable bonds is 2. The Balaban J connectivity index is 1.94. The van der Waals surface area contributed by atoms with Crippen LogP contribution in [0.5, 0.6) is 0 Å². The van der Waals surface area contributed by atoms with Gasteiger partial charge in [0.15, 0.2) is 0 Å². The molecule has 2 radical (unpaired) electrons. The molecule has 3 N–H and O–H groups in total. The Hall–Kier alpha value is -1.03. The van der Waals surface area contributed by atoms with Gasteiger partial charge < -0.3 is 11.1 Å². The van der Waals surface area contributed by atoms with Crippen molar-refractivity contribution in [3.05, 3.63) is 18.3 Å². The van der Waals surface area contributed by atoms with E-state index in [-0.39, 0.29) is 0 Å². The van der Waals surface area contributed by atoms with E-state index in [2.05, 4.69) is 10.3 Å². The van der Waals surface area contributed by atoms with Gasteiger partial charge >= 0.3 is 0 Å². The smallest absolute Gasteiger partial charge is 0.126 e. The van der Waals surface area contributed by atoms with Gasteiger partial charge in [-0.2, -0.15) is 0 Å². The quantitative estimate of drug-likeness (QED) is 0.648. The third kappa shape index (κ3) is 2.26. The normalized spacial score (nSPS) is 26.4. The summed E-state index contributed by atoms with van der Waals surface area (Å²) < 4.78 is 0. The average Bonchev–Trinajstić information content (AvgIpc) is 2.56. The van der Waals surface area contributed by atoms with E-state index in [1.807, 2.05) is 12.1 Å². The average molecular weight is 187 g/mol. The van der Waals surface area contributed by atoms with Gasteiger partial charge in [-0.3, -0.25) is 0 Å². The van der Waals surface area contributed by atoms with E-state index in [1.54, 1.807) is 6.20 Å². The molecular formula is C10H14BN3. The third-order valence-electron chi connectivity index (χ3n) is 2.61. The SMILES string of the molecule is [B]c1ccc(NC2CCC(N)C2)nc1. The van der Waals surface area contributed by atoms with Crippen molar-refractivity contribution in [3.8, 4) is 0 Å². The second-order valence-corrected chi connectivity index (χ2v) is 3.89. The van der Waals surface area contributed by atoms with Gasteiger partial charge in [0.05, 0.1) is 0 Å². The predicted octanol–water partition coefficient (Wildman–Crippen LogP) is 0.167. The molecule has 1 aromatic rings. The lowest BCUT2D eigenvalue weighted by atomic mass is 9.99. The molecule has 3 nitrogen and oxygen atoms in total. The van der Waals surface area contributed by atoms with Gasteiger partial charge in [-0.15, -0.1) is 0 Å². The molecule has 1 aliphatic carbocycles. The molecule has 1 aliphatic rings. The van der Waals surface area contributed by atoms with Crippen LogP contribution in [-0.2, 0) is 0 Å². The number of hydrogen-bond donors (Lipinski definition) is 2. The van der Waals surface area contributed by atoms with Crippen molar-refractivity contribution in [2.75, 3.05) is 5.32 Å². The monoisotopic (exact) mass is 187 g/mol. The molecule has 1 fully saturated rings. The van der Waals surface area contributed by atoms with Crippen LogP contribution in [-0.4, -0.2) is 24.9 Å². The summed E-state index contributed by atoms with van der Waals surface area (Å²) in [5.41, 5.74) is 6.52. The number of aromatic nitrogens is 1. The molecule has 1 aromatic heterocycles. The number of hydrogen-bond acceptors (Lipinski definition) is 3. The minimum Gasteiger partial charge on any atom is -0.367 e. The van der Waals surface area contributed by atoms with E-state index in [1.165, 1.54) is 0 Å². The number of pyridine rings is 1. The molecule has 2 rings (SSSR count). The fourth-order valence-corrected chi connectivity index (χ4v) is 1.85. The molecule has 2 unspecified atom stereocenters.